The Labute approximate surface area is 292 Å². The third-order valence-electron chi connectivity index (χ3n) is 9.59. The highest BCUT2D eigenvalue weighted by Gasteiger charge is 2.23. The summed E-state index contributed by atoms with van der Waals surface area (Å²) in [6, 6.07) is 35.8. The predicted octanol–water partition coefficient (Wildman–Crippen LogP) is 6.64. The van der Waals surface area contributed by atoms with Gasteiger partial charge in [0.1, 0.15) is 22.8 Å². The summed E-state index contributed by atoms with van der Waals surface area (Å²) in [6.07, 6.45) is 0.0483. The minimum absolute atomic E-state index is 0.0147. The minimum Gasteiger partial charge on any atom is -0.426 e. The second kappa shape index (κ2) is 11.2. The molecule has 0 unspecified atom stereocenters. The van der Waals surface area contributed by atoms with Gasteiger partial charge < -0.3 is 9.47 Å². The molecule has 0 fully saturated rings. The molecule has 0 saturated heterocycles. The lowest BCUT2D eigenvalue weighted by Crippen LogP contribution is -2.16. The molecule has 0 aliphatic rings. The van der Waals surface area contributed by atoms with Crippen molar-refractivity contribution >= 4 is 77.6 Å². The summed E-state index contributed by atoms with van der Waals surface area (Å²) in [6.45, 7) is 0. The predicted molar refractivity (Wildman–Crippen MR) is 198 cm³/mol. The summed E-state index contributed by atoms with van der Waals surface area (Å²) in [5.41, 5.74) is 4.10. The van der Waals surface area contributed by atoms with Gasteiger partial charge in [-0.3, -0.25) is 28.0 Å². The zero-order valence-electron chi connectivity index (χ0n) is 27.2. The van der Waals surface area contributed by atoms with Crippen LogP contribution < -0.4 is 20.6 Å². The standard InChI is InChI=1S/C42H24N4O6/c47-35(51-25-7-3-1-4-8-25)21-23-12-18-33-32(19-23)44-40-28-14-16-30-37-27(13-15-29(38(28)37)41(49)45(33)40)39-43-31-17-11-24(20-34(31)46(39)42(30)50)22-36(48)52-26-9-5-2-6-10-26/h1-20H,21-22H2. The molecule has 6 aromatic carbocycles. The van der Waals surface area contributed by atoms with Crippen molar-refractivity contribution in [2.45, 2.75) is 12.8 Å². The van der Waals surface area contributed by atoms with E-state index in [1.807, 2.05) is 24.3 Å². The topological polar surface area (TPSA) is 121 Å². The molecule has 248 valence electrons. The number of esters is 2. The van der Waals surface area contributed by atoms with E-state index in [1.54, 1.807) is 106 Å². The number of ether oxygens (including phenoxy) is 2. The summed E-state index contributed by atoms with van der Waals surface area (Å²) in [5, 5.41) is 3.61. The molecule has 0 bridgehead atoms. The first-order valence-corrected chi connectivity index (χ1v) is 16.7. The molecule has 10 rings (SSSR count). The number of para-hydroxylation sites is 2. The number of benzene rings is 6. The quantitative estimate of drug-likeness (QED) is 0.109. The van der Waals surface area contributed by atoms with E-state index in [-0.39, 0.29) is 24.0 Å². The van der Waals surface area contributed by atoms with Gasteiger partial charge in [-0.2, -0.15) is 0 Å². The molecule has 0 spiro atoms. The number of rotatable bonds is 6. The first kappa shape index (κ1) is 29.7. The van der Waals surface area contributed by atoms with Gasteiger partial charge in [-0.15, -0.1) is 0 Å². The van der Waals surface area contributed by atoms with E-state index in [2.05, 4.69) is 0 Å². The smallest absolute Gasteiger partial charge is 0.315 e. The number of nitrogens with zero attached hydrogens (tertiary/aromatic N) is 4. The highest BCUT2D eigenvalue weighted by atomic mass is 16.5. The molecule has 0 saturated carbocycles. The Balaban J connectivity index is 1.10. The second-order valence-electron chi connectivity index (χ2n) is 12.8. The first-order chi connectivity index (χ1) is 25.4. The normalized spacial score (nSPS) is 11.9. The molecule has 4 heterocycles. The van der Waals surface area contributed by atoms with Crippen LogP contribution >= 0.6 is 0 Å². The van der Waals surface area contributed by atoms with Crippen LogP contribution in [0.5, 0.6) is 11.5 Å². The number of aromatic nitrogens is 4. The minimum atomic E-state index is -0.419. The van der Waals surface area contributed by atoms with Crippen molar-refractivity contribution < 1.29 is 19.1 Å². The van der Waals surface area contributed by atoms with E-state index in [9.17, 15) is 19.2 Å². The molecule has 4 aromatic heterocycles. The molecule has 0 atom stereocenters. The van der Waals surface area contributed by atoms with Crippen LogP contribution in [0.1, 0.15) is 11.1 Å². The summed E-state index contributed by atoms with van der Waals surface area (Å²) >= 11 is 0. The molecule has 0 aliphatic heterocycles. The van der Waals surface area contributed by atoms with Crippen LogP contribution in [-0.4, -0.2) is 30.7 Å². The molecule has 52 heavy (non-hydrogen) atoms. The van der Waals surface area contributed by atoms with Crippen LogP contribution in [0.2, 0.25) is 0 Å². The Kier molecular flexibility index (Phi) is 6.37. The Morgan fingerprint density at radius 1 is 0.500 bits per heavy atom. The summed E-state index contributed by atoms with van der Waals surface area (Å²) in [5.74, 6) is 0.100. The maximum absolute atomic E-state index is 14.3. The number of pyridine rings is 2. The maximum atomic E-state index is 14.3. The van der Waals surface area contributed by atoms with Crippen molar-refractivity contribution in [2.24, 2.45) is 0 Å². The molecule has 0 aliphatic carbocycles. The van der Waals surface area contributed by atoms with Crippen LogP contribution in [-0.2, 0) is 22.4 Å². The van der Waals surface area contributed by atoms with E-state index in [0.29, 0.717) is 88.3 Å². The van der Waals surface area contributed by atoms with Crippen molar-refractivity contribution in [2.75, 3.05) is 0 Å². The van der Waals surface area contributed by atoms with Gasteiger partial charge in [-0.05, 0) is 83.9 Å². The maximum Gasteiger partial charge on any atom is 0.315 e. The van der Waals surface area contributed by atoms with Crippen molar-refractivity contribution in [1.82, 2.24) is 18.8 Å². The monoisotopic (exact) mass is 680 g/mol. The average Bonchev–Trinajstić information content (AvgIpc) is 3.73. The Morgan fingerprint density at radius 3 is 1.56 bits per heavy atom. The van der Waals surface area contributed by atoms with E-state index in [0.717, 1.165) is 0 Å². The summed E-state index contributed by atoms with van der Waals surface area (Å²) in [4.78, 5) is 63.6. The molecule has 10 aromatic rings. The van der Waals surface area contributed by atoms with E-state index in [1.165, 1.54) is 0 Å². The second-order valence-corrected chi connectivity index (χ2v) is 12.8. The zero-order valence-corrected chi connectivity index (χ0v) is 27.2. The number of hydrogen-bond acceptors (Lipinski definition) is 8. The highest BCUT2D eigenvalue weighted by molar-refractivity contribution is 6.27. The lowest BCUT2D eigenvalue weighted by Gasteiger charge is -2.12. The third kappa shape index (κ3) is 4.51. The van der Waals surface area contributed by atoms with Crippen LogP contribution in [0, 0.1) is 0 Å². The van der Waals surface area contributed by atoms with Gasteiger partial charge in [-0.1, -0.05) is 48.5 Å². The lowest BCUT2D eigenvalue weighted by molar-refractivity contribution is -0.134. The molecule has 0 radical (unpaired) electrons. The van der Waals surface area contributed by atoms with Gasteiger partial charge in [0.2, 0.25) is 0 Å². The Hall–Kier alpha value is -7.20. The van der Waals surface area contributed by atoms with Gasteiger partial charge in [0, 0.05) is 32.3 Å². The van der Waals surface area contributed by atoms with Crippen molar-refractivity contribution in [3.05, 3.63) is 153 Å². The SMILES string of the molecule is O=C(Cc1ccc2c(c1)nc1c3ccc4c(=O)n5c6cc(CC(=O)Oc7ccccc7)ccc6nc5c5ccc(c(=O)n21)c3c45)Oc1ccccc1. The number of carbonyl (C=O) groups excluding carboxylic acids is 2. The van der Waals surface area contributed by atoms with Gasteiger partial charge in [0.05, 0.1) is 34.9 Å². The van der Waals surface area contributed by atoms with Crippen LogP contribution in [0.4, 0.5) is 0 Å². The molecule has 0 amide bonds. The first-order valence-electron chi connectivity index (χ1n) is 16.7. The van der Waals surface area contributed by atoms with Crippen LogP contribution in [0.25, 0.3) is 65.7 Å². The van der Waals surface area contributed by atoms with Crippen molar-refractivity contribution in [3.63, 3.8) is 0 Å². The lowest BCUT2D eigenvalue weighted by atomic mass is 9.96. The molecular weight excluding hydrogens is 656 g/mol. The third-order valence-corrected chi connectivity index (χ3v) is 9.59. The number of carbonyl (C=O) groups is 2. The van der Waals surface area contributed by atoms with Crippen LogP contribution in [0.3, 0.4) is 0 Å². The fraction of sp³-hybridized carbons (Fsp3) is 0.0476. The van der Waals surface area contributed by atoms with E-state index in [4.69, 9.17) is 19.4 Å². The Bertz CT molecular complexity index is 3200. The van der Waals surface area contributed by atoms with E-state index < -0.39 is 11.9 Å². The Morgan fingerprint density at radius 2 is 0.981 bits per heavy atom. The van der Waals surface area contributed by atoms with Gasteiger partial charge >= 0.3 is 11.9 Å². The van der Waals surface area contributed by atoms with Crippen LogP contribution in [0.15, 0.2) is 131 Å². The number of hydrogen-bond donors (Lipinski definition) is 0. The fourth-order valence-electron chi connectivity index (χ4n) is 7.35. The number of imidazole rings is 2. The molecule has 10 heteroatoms. The van der Waals surface area contributed by atoms with E-state index >= 15 is 0 Å². The highest BCUT2D eigenvalue weighted by Crippen LogP contribution is 2.37. The molecule has 0 N–H and O–H groups in total. The summed E-state index contributed by atoms with van der Waals surface area (Å²) < 4.78 is 14.1. The summed E-state index contributed by atoms with van der Waals surface area (Å²) in [7, 11) is 0. The fourth-order valence-corrected chi connectivity index (χ4v) is 7.35. The zero-order chi connectivity index (χ0) is 35.1. The molecular formula is C42H24N4O6. The van der Waals surface area contributed by atoms with Gasteiger partial charge in [-0.25, -0.2) is 9.97 Å². The number of fused-ring (bicyclic) bond motifs is 8. The average molecular weight is 681 g/mol. The molecule has 10 nitrogen and oxygen atoms in total. The van der Waals surface area contributed by atoms with Gasteiger partial charge in [0.25, 0.3) is 11.1 Å². The van der Waals surface area contributed by atoms with Crippen molar-refractivity contribution in [1.29, 1.82) is 0 Å². The van der Waals surface area contributed by atoms with Crippen molar-refractivity contribution in [3.8, 4) is 11.5 Å². The largest absolute Gasteiger partial charge is 0.426 e. The van der Waals surface area contributed by atoms with Gasteiger partial charge in [0.15, 0.2) is 0 Å².